The normalized spacial score (nSPS) is 12.6. The van der Waals surface area contributed by atoms with Crippen LogP contribution in [0.1, 0.15) is 30.6 Å². The Balaban J connectivity index is 1.88. The Hall–Kier alpha value is -1.54. The second kappa shape index (κ2) is 5.69. The van der Waals surface area contributed by atoms with E-state index in [0.717, 1.165) is 19.4 Å². The van der Waals surface area contributed by atoms with Crippen LogP contribution in [0.2, 0.25) is 0 Å². The maximum atomic E-state index is 5.92. The van der Waals surface area contributed by atoms with Crippen LogP contribution in [0.4, 0.5) is 0 Å². The number of aromatic nitrogens is 1. The Morgan fingerprint density at radius 2 is 1.88 bits per heavy atom. The molecule has 2 nitrogen and oxygen atoms in total. The van der Waals surface area contributed by atoms with Crippen LogP contribution in [-0.4, -0.2) is 4.57 Å². The second-order valence-corrected chi connectivity index (χ2v) is 4.50. The van der Waals surface area contributed by atoms with Crippen molar-refractivity contribution in [2.24, 2.45) is 5.73 Å². The van der Waals surface area contributed by atoms with Gasteiger partial charge in [-0.05, 0) is 37.5 Å². The van der Waals surface area contributed by atoms with Crippen molar-refractivity contribution >= 4 is 0 Å². The van der Waals surface area contributed by atoms with Gasteiger partial charge in [-0.25, -0.2) is 0 Å². The minimum atomic E-state index is 0.113. The number of benzene rings is 1. The van der Waals surface area contributed by atoms with E-state index < -0.39 is 0 Å². The monoisotopic (exact) mass is 228 g/mol. The summed E-state index contributed by atoms with van der Waals surface area (Å²) in [6.45, 7) is 3.07. The van der Waals surface area contributed by atoms with E-state index in [9.17, 15) is 0 Å². The fraction of sp³-hybridized carbons (Fsp3) is 0.333. The summed E-state index contributed by atoms with van der Waals surface area (Å²) in [7, 11) is 0. The minimum Gasteiger partial charge on any atom is -0.350 e. The molecule has 0 fully saturated rings. The van der Waals surface area contributed by atoms with E-state index in [1.165, 1.54) is 11.3 Å². The second-order valence-electron chi connectivity index (χ2n) is 4.50. The van der Waals surface area contributed by atoms with Gasteiger partial charge >= 0.3 is 0 Å². The molecule has 1 atom stereocenters. The molecule has 0 aliphatic rings. The highest BCUT2D eigenvalue weighted by molar-refractivity contribution is 5.15. The van der Waals surface area contributed by atoms with Gasteiger partial charge in [-0.1, -0.05) is 30.3 Å². The lowest BCUT2D eigenvalue weighted by Gasteiger charge is -2.11. The van der Waals surface area contributed by atoms with Crippen LogP contribution in [-0.2, 0) is 13.0 Å². The summed E-state index contributed by atoms with van der Waals surface area (Å²) in [6, 6.07) is 14.9. The van der Waals surface area contributed by atoms with Crippen molar-refractivity contribution in [1.82, 2.24) is 4.57 Å². The van der Waals surface area contributed by atoms with Gasteiger partial charge in [-0.3, -0.25) is 0 Å². The highest BCUT2D eigenvalue weighted by Crippen LogP contribution is 2.12. The Kier molecular flexibility index (Phi) is 3.99. The summed E-state index contributed by atoms with van der Waals surface area (Å²) in [4.78, 5) is 0. The minimum absolute atomic E-state index is 0.113. The summed E-state index contributed by atoms with van der Waals surface area (Å²) in [5, 5.41) is 0. The molecule has 0 aliphatic heterocycles. The zero-order valence-electron chi connectivity index (χ0n) is 10.3. The molecule has 90 valence electrons. The van der Waals surface area contributed by atoms with E-state index in [-0.39, 0.29) is 6.04 Å². The van der Waals surface area contributed by atoms with Crippen molar-refractivity contribution in [1.29, 1.82) is 0 Å². The maximum Gasteiger partial charge on any atom is 0.0421 e. The number of hydrogen-bond donors (Lipinski definition) is 1. The third kappa shape index (κ3) is 3.21. The zero-order chi connectivity index (χ0) is 12.1. The average Bonchev–Trinajstić information content (AvgIpc) is 2.79. The van der Waals surface area contributed by atoms with E-state index in [1.54, 1.807) is 0 Å². The summed E-state index contributed by atoms with van der Waals surface area (Å²) in [5.74, 6) is 0. The van der Waals surface area contributed by atoms with Crippen LogP contribution in [0.25, 0.3) is 0 Å². The van der Waals surface area contributed by atoms with Gasteiger partial charge < -0.3 is 10.3 Å². The average molecular weight is 228 g/mol. The van der Waals surface area contributed by atoms with Crippen LogP contribution in [0.3, 0.4) is 0 Å². The first-order chi connectivity index (χ1) is 8.27. The highest BCUT2D eigenvalue weighted by Gasteiger charge is 2.04. The van der Waals surface area contributed by atoms with Gasteiger partial charge in [-0.2, -0.15) is 0 Å². The van der Waals surface area contributed by atoms with Gasteiger partial charge in [0, 0.05) is 24.5 Å². The summed E-state index contributed by atoms with van der Waals surface area (Å²) in [5.41, 5.74) is 8.55. The highest BCUT2D eigenvalue weighted by atomic mass is 15.0. The Morgan fingerprint density at radius 3 is 2.59 bits per heavy atom. The first-order valence-corrected chi connectivity index (χ1v) is 6.22. The summed E-state index contributed by atoms with van der Waals surface area (Å²) < 4.78 is 2.26. The van der Waals surface area contributed by atoms with Gasteiger partial charge in [-0.15, -0.1) is 0 Å². The molecule has 2 heteroatoms. The molecule has 0 saturated heterocycles. The van der Waals surface area contributed by atoms with Crippen molar-refractivity contribution in [2.75, 3.05) is 0 Å². The molecular formula is C15H20N2. The smallest absolute Gasteiger partial charge is 0.0421 e. The largest absolute Gasteiger partial charge is 0.350 e. The maximum absolute atomic E-state index is 5.92. The molecule has 1 unspecified atom stereocenters. The van der Waals surface area contributed by atoms with Crippen LogP contribution >= 0.6 is 0 Å². The predicted octanol–water partition coefficient (Wildman–Crippen LogP) is 3.14. The molecule has 2 aromatic rings. The van der Waals surface area contributed by atoms with Gasteiger partial charge in [0.05, 0.1) is 0 Å². The van der Waals surface area contributed by atoms with Crippen molar-refractivity contribution in [3.63, 3.8) is 0 Å². The van der Waals surface area contributed by atoms with E-state index in [2.05, 4.69) is 53.2 Å². The van der Waals surface area contributed by atoms with Crippen molar-refractivity contribution in [3.05, 3.63) is 59.9 Å². The third-order valence-electron chi connectivity index (χ3n) is 3.04. The van der Waals surface area contributed by atoms with E-state index in [0.29, 0.717) is 0 Å². The van der Waals surface area contributed by atoms with Crippen LogP contribution < -0.4 is 5.73 Å². The summed E-state index contributed by atoms with van der Waals surface area (Å²) in [6.07, 6.45) is 4.39. The van der Waals surface area contributed by atoms with Crippen LogP contribution in [0.5, 0.6) is 0 Å². The van der Waals surface area contributed by atoms with Crippen LogP contribution in [0.15, 0.2) is 48.7 Å². The molecular weight excluding hydrogens is 208 g/mol. The van der Waals surface area contributed by atoms with Crippen molar-refractivity contribution in [2.45, 2.75) is 32.4 Å². The first-order valence-electron chi connectivity index (χ1n) is 6.22. The SMILES string of the molecule is CC(N)c1cccn1CCCc1ccccc1. The number of hydrogen-bond acceptors (Lipinski definition) is 1. The van der Waals surface area contributed by atoms with E-state index in [1.807, 2.05) is 6.92 Å². The molecule has 1 heterocycles. The van der Waals surface area contributed by atoms with Gasteiger partial charge in [0.1, 0.15) is 0 Å². The van der Waals surface area contributed by atoms with Gasteiger partial charge in [0.25, 0.3) is 0 Å². The molecule has 2 N–H and O–H groups in total. The van der Waals surface area contributed by atoms with Gasteiger partial charge in [0.15, 0.2) is 0 Å². The molecule has 0 saturated carbocycles. The quantitative estimate of drug-likeness (QED) is 0.837. The molecule has 17 heavy (non-hydrogen) atoms. The molecule has 1 aromatic carbocycles. The number of aryl methyl sites for hydroxylation is 2. The van der Waals surface area contributed by atoms with Gasteiger partial charge in [0.2, 0.25) is 0 Å². The molecule has 0 radical (unpaired) electrons. The number of rotatable bonds is 5. The predicted molar refractivity (Wildman–Crippen MR) is 71.8 cm³/mol. The zero-order valence-corrected chi connectivity index (χ0v) is 10.3. The standard InChI is InChI=1S/C15H20N2/c1-13(16)15-10-6-12-17(15)11-5-9-14-7-3-2-4-8-14/h2-4,6-8,10,12-13H,5,9,11,16H2,1H3. The first kappa shape index (κ1) is 11.9. The lowest BCUT2D eigenvalue weighted by Crippen LogP contribution is -2.12. The van der Waals surface area contributed by atoms with E-state index >= 15 is 0 Å². The Morgan fingerprint density at radius 1 is 1.12 bits per heavy atom. The fourth-order valence-corrected chi connectivity index (χ4v) is 2.14. The van der Waals surface area contributed by atoms with Crippen LogP contribution in [0, 0.1) is 0 Å². The lowest BCUT2D eigenvalue weighted by molar-refractivity contribution is 0.594. The number of nitrogens with zero attached hydrogens (tertiary/aromatic N) is 1. The Labute approximate surface area is 103 Å². The molecule has 0 spiro atoms. The van der Waals surface area contributed by atoms with Crippen molar-refractivity contribution in [3.8, 4) is 0 Å². The van der Waals surface area contributed by atoms with Crippen molar-refractivity contribution < 1.29 is 0 Å². The summed E-state index contributed by atoms with van der Waals surface area (Å²) >= 11 is 0. The molecule has 1 aromatic heterocycles. The lowest BCUT2D eigenvalue weighted by atomic mass is 10.1. The fourth-order valence-electron chi connectivity index (χ4n) is 2.14. The molecule has 2 rings (SSSR count). The molecule has 0 aliphatic carbocycles. The third-order valence-corrected chi connectivity index (χ3v) is 3.04. The molecule has 0 bridgehead atoms. The number of nitrogens with two attached hydrogens (primary N) is 1. The Bertz CT molecular complexity index is 443. The topological polar surface area (TPSA) is 30.9 Å². The van der Waals surface area contributed by atoms with E-state index in [4.69, 9.17) is 5.73 Å². The molecule has 0 amide bonds.